The van der Waals surface area contributed by atoms with Crippen molar-refractivity contribution in [2.45, 2.75) is 32.0 Å². The van der Waals surface area contributed by atoms with E-state index >= 15 is 0 Å². The molecule has 1 N–H and O–H groups in total. The molecule has 0 spiro atoms. The Morgan fingerprint density at radius 1 is 1.22 bits per heavy atom. The predicted octanol–water partition coefficient (Wildman–Crippen LogP) is 6.81. The molecule has 1 fully saturated rings. The van der Waals surface area contributed by atoms with E-state index in [0.29, 0.717) is 15.8 Å². The smallest absolute Gasteiger partial charge is 0.349 e. The maximum absolute atomic E-state index is 12.1. The van der Waals surface area contributed by atoms with Crippen molar-refractivity contribution in [2.24, 2.45) is 0 Å². The molecule has 0 radical (unpaired) electrons. The van der Waals surface area contributed by atoms with Gasteiger partial charge < -0.3 is 19.5 Å². The van der Waals surface area contributed by atoms with Gasteiger partial charge in [-0.05, 0) is 51.1 Å². The molecule has 36 heavy (non-hydrogen) atoms. The first-order valence-electron chi connectivity index (χ1n) is 11.6. The van der Waals surface area contributed by atoms with Crippen LogP contribution in [0.3, 0.4) is 0 Å². The number of halogens is 2. The van der Waals surface area contributed by atoms with E-state index in [2.05, 4.69) is 32.9 Å². The summed E-state index contributed by atoms with van der Waals surface area (Å²) >= 11 is 11.4. The number of hydrogen-bond donors (Lipinski definition) is 1. The summed E-state index contributed by atoms with van der Waals surface area (Å²) in [5.41, 5.74) is 2.42. The molecule has 0 unspecified atom stereocenters. The predicted molar refractivity (Wildman–Crippen MR) is 145 cm³/mol. The number of imidazole rings is 1. The van der Waals surface area contributed by atoms with Crippen molar-refractivity contribution in [1.82, 2.24) is 14.5 Å². The highest BCUT2D eigenvalue weighted by atomic mass is 79.9. The number of ether oxygens (including phenoxy) is 2. The van der Waals surface area contributed by atoms with Crippen LogP contribution in [0.1, 0.15) is 41.1 Å². The molecule has 3 heterocycles. The van der Waals surface area contributed by atoms with E-state index in [-0.39, 0.29) is 16.7 Å². The first kappa shape index (κ1) is 25.1. The first-order chi connectivity index (χ1) is 17.3. The third-order valence-electron chi connectivity index (χ3n) is 6.32. The molecule has 1 aliphatic heterocycles. The van der Waals surface area contributed by atoms with Gasteiger partial charge in [-0.15, -0.1) is 11.3 Å². The molecule has 188 valence electrons. The zero-order valence-electron chi connectivity index (χ0n) is 19.8. The molecule has 1 aliphatic rings. The van der Waals surface area contributed by atoms with Gasteiger partial charge in [0.25, 0.3) is 0 Å². The Kier molecular flexibility index (Phi) is 7.25. The van der Waals surface area contributed by atoms with Crippen molar-refractivity contribution in [3.8, 4) is 16.5 Å². The summed E-state index contributed by atoms with van der Waals surface area (Å²) < 4.78 is 15.2. The van der Waals surface area contributed by atoms with E-state index in [1.54, 1.807) is 12.4 Å². The quantitative estimate of drug-likeness (QED) is 0.255. The van der Waals surface area contributed by atoms with Gasteiger partial charge in [0, 0.05) is 29.2 Å². The number of nitrogens with zero attached hydrogens (tertiary/aromatic N) is 3. The van der Waals surface area contributed by atoms with Crippen molar-refractivity contribution in [3.05, 3.63) is 68.7 Å². The molecule has 0 aliphatic carbocycles. The van der Waals surface area contributed by atoms with Crippen LogP contribution in [-0.2, 0) is 0 Å². The number of piperidine rings is 1. The maximum atomic E-state index is 12.1. The summed E-state index contributed by atoms with van der Waals surface area (Å²) in [6.07, 6.45) is 3.20. The minimum absolute atomic E-state index is 0.114. The fourth-order valence-electron chi connectivity index (χ4n) is 4.34. The van der Waals surface area contributed by atoms with Crippen LogP contribution in [-0.4, -0.2) is 51.8 Å². The first-order valence-corrected chi connectivity index (χ1v) is 13.6. The lowest BCUT2D eigenvalue weighted by atomic mass is 10.1. The van der Waals surface area contributed by atoms with Crippen LogP contribution in [0.15, 0.2) is 53.3 Å². The van der Waals surface area contributed by atoms with E-state index < -0.39 is 12.1 Å². The fourth-order valence-corrected chi connectivity index (χ4v) is 5.93. The Hall–Kier alpha value is -2.59. The van der Waals surface area contributed by atoms with E-state index in [1.165, 1.54) is 0 Å². The van der Waals surface area contributed by atoms with Gasteiger partial charge in [-0.3, -0.25) is 4.57 Å². The van der Waals surface area contributed by atoms with Gasteiger partial charge in [0.05, 0.1) is 16.1 Å². The second kappa shape index (κ2) is 10.4. The number of rotatable bonds is 7. The lowest BCUT2D eigenvalue weighted by molar-refractivity contribution is 0.0695. The Morgan fingerprint density at radius 3 is 2.75 bits per heavy atom. The van der Waals surface area contributed by atoms with E-state index in [9.17, 15) is 9.90 Å². The summed E-state index contributed by atoms with van der Waals surface area (Å²) in [4.78, 5) is 18.9. The van der Waals surface area contributed by atoms with Crippen LogP contribution in [0.2, 0.25) is 5.02 Å². The molecule has 2 aromatic heterocycles. The minimum atomic E-state index is -1.05. The average molecular weight is 591 g/mol. The molecule has 1 atom stereocenters. The van der Waals surface area contributed by atoms with Crippen LogP contribution in [0.5, 0.6) is 11.5 Å². The van der Waals surface area contributed by atoms with Crippen LogP contribution in [0, 0.1) is 0 Å². The molecule has 0 saturated carbocycles. The summed E-state index contributed by atoms with van der Waals surface area (Å²) in [5.74, 6) is -0.145. The second-order valence-electron chi connectivity index (χ2n) is 8.87. The molecule has 10 heteroatoms. The van der Waals surface area contributed by atoms with Crippen molar-refractivity contribution < 1.29 is 19.4 Å². The number of carbonyl (C=O) groups is 1. The minimum Gasteiger partial charge on any atom is -0.489 e. The molecule has 0 amide bonds. The van der Waals surface area contributed by atoms with Gasteiger partial charge in [-0.25, -0.2) is 9.78 Å². The molecule has 7 nitrogen and oxygen atoms in total. The van der Waals surface area contributed by atoms with Crippen LogP contribution >= 0.6 is 38.9 Å². The van der Waals surface area contributed by atoms with E-state index in [1.807, 2.05) is 47.9 Å². The molecule has 4 aromatic rings. The molecular formula is C26H25BrClN3O4S. The van der Waals surface area contributed by atoms with Crippen molar-refractivity contribution in [2.75, 3.05) is 20.1 Å². The fraction of sp³-hybridized carbons (Fsp3) is 0.308. The summed E-state index contributed by atoms with van der Waals surface area (Å²) in [7, 11) is 2.11. The third kappa shape index (κ3) is 5.11. The van der Waals surface area contributed by atoms with E-state index in [0.717, 1.165) is 58.3 Å². The molecule has 0 bridgehead atoms. The summed E-state index contributed by atoms with van der Waals surface area (Å²) in [6.45, 7) is 3.83. The Morgan fingerprint density at radius 2 is 2.00 bits per heavy atom. The van der Waals surface area contributed by atoms with Gasteiger partial charge in [-0.2, -0.15) is 0 Å². The highest BCUT2D eigenvalue weighted by Crippen LogP contribution is 2.39. The lowest BCUT2D eigenvalue weighted by Gasteiger charge is -2.30. The van der Waals surface area contributed by atoms with Crippen molar-refractivity contribution in [3.63, 3.8) is 0 Å². The summed E-state index contributed by atoms with van der Waals surface area (Å²) in [5, 5.41) is 11.0. The zero-order chi connectivity index (χ0) is 25.4. The van der Waals surface area contributed by atoms with Gasteiger partial charge in [0.2, 0.25) is 0 Å². The summed E-state index contributed by atoms with van der Waals surface area (Å²) in [6, 6.07) is 13.1. The largest absolute Gasteiger partial charge is 0.489 e. The van der Waals surface area contributed by atoms with Crippen molar-refractivity contribution >= 4 is 55.9 Å². The van der Waals surface area contributed by atoms with Gasteiger partial charge in [-0.1, -0.05) is 39.7 Å². The Bertz CT molecular complexity index is 1410. The number of benzene rings is 2. The van der Waals surface area contributed by atoms with Gasteiger partial charge in [0.15, 0.2) is 4.88 Å². The standard InChI is InChI=1S/C26H25BrClN3O4S/c1-15(18-4-3-5-21(24(18)28)35-17-8-10-30(2)11-9-17)34-22-13-23(36-25(22)26(32)33)31-14-29-19-7-6-16(27)12-20(19)31/h3-7,12-15,17H,8-11H2,1-2H3,(H,32,33)/t15-/m1/s1. The lowest BCUT2D eigenvalue weighted by Crippen LogP contribution is -2.35. The molecule has 2 aromatic carbocycles. The van der Waals surface area contributed by atoms with Gasteiger partial charge >= 0.3 is 5.97 Å². The number of aromatic carboxylic acids is 1. The van der Waals surface area contributed by atoms with Crippen LogP contribution in [0.25, 0.3) is 16.0 Å². The number of aromatic nitrogens is 2. The highest BCUT2D eigenvalue weighted by molar-refractivity contribution is 9.10. The molecule has 5 rings (SSSR count). The number of carboxylic acid groups (broad SMARTS) is 1. The number of hydrogen-bond acceptors (Lipinski definition) is 6. The van der Waals surface area contributed by atoms with E-state index in [4.69, 9.17) is 21.1 Å². The highest BCUT2D eigenvalue weighted by Gasteiger charge is 2.24. The molecular weight excluding hydrogens is 566 g/mol. The number of thiophene rings is 1. The topological polar surface area (TPSA) is 76.8 Å². The number of carboxylic acids is 1. The third-order valence-corrected chi connectivity index (χ3v) is 8.32. The normalized spacial score (nSPS) is 15.8. The average Bonchev–Trinajstić information content (AvgIpc) is 3.45. The SMILES string of the molecule is C[C@@H](Oc1cc(-n2cnc3ccc(Br)cc32)sc1C(=O)O)c1cccc(OC2CCN(C)CC2)c1Cl. The monoisotopic (exact) mass is 589 g/mol. The Balaban J connectivity index is 1.41. The number of likely N-dealkylation sites (tertiary alicyclic amines) is 1. The van der Waals surface area contributed by atoms with Crippen LogP contribution < -0.4 is 9.47 Å². The zero-order valence-corrected chi connectivity index (χ0v) is 22.9. The van der Waals surface area contributed by atoms with Gasteiger partial charge in [0.1, 0.15) is 35.0 Å². The second-order valence-corrected chi connectivity index (χ2v) is 11.2. The van der Waals surface area contributed by atoms with Crippen LogP contribution in [0.4, 0.5) is 0 Å². The maximum Gasteiger partial charge on any atom is 0.349 e. The van der Waals surface area contributed by atoms with Crippen molar-refractivity contribution in [1.29, 1.82) is 0 Å². The number of fused-ring (bicyclic) bond motifs is 1. The molecule has 1 saturated heterocycles. The Labute approximate surface area is 226 Å².